The van der Waals surface area contributed by atoms with E-state index in [4.69, 9.17) is 0 Å². The summed E-state index contributed by atoms with van der Waals surface area (Å²) in [6, 6.07) is 2.06. The van der Waals surface area contributed by atoms with Gasteiger partial charge in [-0.2, -0.15) is 0 Å². The van der Waals surface area contributed by atoms with Gasteiger partial charge in [-0.05, 0) is 24.1 Å². The standard InChI is InChI=1S/C13H15N/c1-4-7-8-11-9-12(5-2)13(6-3)14-10-11/h5-10H,2-4H2,1H3/b8-7+. The topological polar surface area (TPSA) is 12.9 Å². The van der Waals surface area contributed by atoms with Gasteiger partial charge in [0.05, 0.1) is 5.69 Å². The third-order valence-corrected chi connectivity index (χ3v) is 1.93. The van der Waals surface area contributed by atoms with E-state index in [0.717, 1.165) is 23.2 Å². The zero-order valence-corrected chi connectivity index (χ0v) is 8.53. The highest BCUT2D eigenvalue weighted by Gasteiger charge is 1.96. The molecular weight excluding hydrogens is 170 g/mol. The smallest absolute Gasteiger partial charge is 0.0696 e. The lowest BCUT2D eigenvalue weighted by molar-refractivity contribution is 1.23. The second kappa shape index (κ2) is 5.18. The summed E-state index contributed by atoms with van der Waals surface area (Å²) in [6.45, 7) is 9.56. The quantitative estimate of drug-likeness (QED) is 0.695. The molecule has 0 aliphatic carbocycles. The van der Waals surface area contributed by atoms with Crippen LogP contribution < -0.4 is 0 Å². The first-order chi connectivity index (χ1) is 6.81. The van der Waals surface area contributed by atoms with Crippen LogP contribution in [0.5, 0.6) is 0 Å². The molecular formula is C13H15N. The normalized spacial score (nSPS) is 10.4. The zero-order valence-electron chi connectivity index (χ0n) is 8.53. The van der Waals surface area contributed by atoms with Crippen molar-refractivity contribution in [3.8, 4) is 0 Å². The molecule has 0 radical (unpaired) electrons. The van der Waals surface area contributed by atoms with E-state index in [1.54, 1.807) is 12.2 Å². The molecule has 0 amide bonds. The molecule has 1 heteroatoms. The molecule has 0 aliphatic heterocycles. The van der Waals surface area contributed by atoms with E-state index in [1.807, 2.05) is 6.20 Å². The number of allylic oxidation sites excluding steroid dienone is 1. The second-order valence-electron chi connectivity index (χ2n) is 2.96. The van der Waals surface area contributed by atoms with E-state index in [1.165, 1.54) is 0 Å². The Kier molecular flexibility index (Phi) is 3.86. The molecule has 1 heterocycles. The van der Waals surface area contributed by atoms with E-state index < -0.39 is 0 Å². The van der Waals surface area contributed by atoms with Gasteiger partial charge < -0.3 is 0 Å². The third kappa shape index (κ3) is 2.43. The highest BCUT2D eigenvalue weighted by molar-refractivity contribution is 5.64. The van der Waals surface area contributed by atoms with Crippen molar-refractivity contribution in [1.82, 2.24) is 4.98 Å². The Hall–Kier alpha value is -1.63. The highest BCUT2D eigenvalue weighted by atomic mass is 14.7. The minimum absolute atomic E-state index is 0.883. The van der Waals surface area contributed by atoms with Crippen molar-refractivity contribution in [3.05, 3.63) is 48.3 Å². The van der Waals surface area contributed by atoms with E-state index in [-0.39, 0.29) is 0 Å². The molecule has 0 saturated heterocycles. The van der Waals surface area contributed by atoms with Gasteiger partial charge in [-0.15, -0.1) is 0 Å². The minimum atomic E-state index is 0.883. The van der Waals surface area contributed by atoms with Crippen LogP contribution in [-0.4, -0.2) is 4.98 Å². The number of pyridine rings is 1. The third-order valence-electron chi connectivity index (χ3n) is 1.93. The molecule has 0 aliphatic rings. The number of hydrogen-bond acceptors (Lipinski definition) is 1. The van der Waals surface area contributed by atoms with Gasteiger partial charge in [-0.3, -0.25) is 4.98 Å². The van der Waals surface area contributed by atoms with Crippen molar-refractivity contribution < 1.29 is 0 Å². The average Bonchev–Trinajstić information content (AvgIpc) is 2.25. The van der Waals surface area contributed by atoms with Crippen LogP contribution in [0.15, 0.2) is 31.5 Å². The molecule has 0 fully saturated rings. The summed E-state index contributed by atoms with van der Waals surface area (Å²) in [6.07, 6.45) is 10.6. The maximum absolute atomic E-state index is 4.28. The number of aromatic nitrogens is 1. The molecule has 0 bridgehead atoms. The van der Waals surface area contributed by atoms with Gasteiger partial charge in [0.25, 0.3) is 0 Å². The van der Waals surface area contributed by atoms with Crippen molar-refractivity contribution in [1.29, 1.82) is 0 Å². The van der Waals surface area contributed by atoms with Gasteiger partial charge >= 0.3 is 0 Å². The van der Waals surface area contributed by atoms with Gasteiger partial charge in [-0.1, -0.05) is 38.3 Å². The summed E-state index contributed by atoms with van der Waals surface area (Å²) in [5.74, 6) is 0. The van der Waals surface area contributed by atoms with Crippen molar-refractivity contribution in [3.63, 3.8) is 0 Å². The van der Waals surface area contributed by atoms with Gasteiger partial charge in [0, 0.05) is 11.8 Å². The molecule has 0 saturated carbocycles. The van der Waals surface area contributed by atoms with Gasteiger partial charge in [0.2, 0.25) is 0 Å². The van der Waals surface area contributed by atoms with Crippen LogP contribution in [0.2, 0.25) is 0 Å². The number of hydrogen-bond donors (Lipinski definition) is 0. The molecule has 1 nitrogen and oxygen atoms in total. The Bertz CT molecular complexity index is 361. The fraction of sp³-hybridized carbons (Fsp3) is 0.154. The molecule has 14 heavy (non-hydrogen) atoms. The lowest BCUT2D eigenvalue weighted by Crippen LogP contribution is -1.87. The van der Waals surface area contributed by atoms with Crippen LogP contribution in [-0.2, 0) is 0 Å². The van der Waals surface area contributed by atoms with Crippen molar-refractivity contribution >= 4 is 18.2 Å². The summed E-state index contributed by atoms with van der Waals surface area (Å²) in [7, 11) is 0. The summed E-state index contributed by atoms with van der Waals surface area (Å²) in [5.41, 5.74) is 3.01. The minimum Gasteiger partial charge on any atom is -0.256 e. The molecule has 0 spiro atoms. The van der Waals surface area contributed by atoms with E-state index in [9.17, 15) is 0 Å². The predicted octanol–water partition coefficient (Wildman–Crippen LogP) is 3.79. The molecule has 0 aromatic carbocycles. The number of rotatable bonds is 4. The van der Waals surface area contributed by atoms with Crippen LogP contribution in [0.25, 0.3) is 18.2 Å². The van der Waals surface area contributed by atoms with Gasteiger partial charge in [-0.25, -0.2) is 0 Å². The maximum Gasteiger partial charge on any atom is 0.0696 e. The lowest BCUT2D eigenvalue weighted by atomic mass is 10.1. The lowest BCUT2D eigenvalue weighted by Gasteiger charge is -2.00. The number of nitrogens with zero attached hydrogens (tertiary/aromatic N) is 1. The van der Waals surface area contributed by atoms with Crippen LogP contribution >= 0.6 is 0 Å². The first kappa shape index (κ1) is 10.5. The molecule has 1 aromatic heterocycles. The Morgan fingerprint density at radius 1 is 1.36 bits per heavy atom. The molecule has 1 aromatic rings. The molecule has 0 unspecified atom stereocenters. The zero-order chi connectivity index (χ0) is 10.4. The van der Waals surface area contributed by atoms with Gasteiger partial charge in [0.15, 0.2) is 0 Å². The fourth-order valence-electron chi connectivity index (χ4n) is 1.19. The van der Waals surface area contributed by atoms with Crippen LogP contribution in [0, 0.1) is 0 Å². The summed E-state index contributed by atoms with van der Waals surface area (Å²) < 4.78 is 0. The van der Waals surface area contributed by atoms with E-state index in [2.05, 4.69) is 43.3 Å². The summed E-state index contributed by atoms with van der Waals surface area (Å²) >= 11 is 0. The van der Waals surface area contributed by atoms with E-state index in [0.29, 0.717) is 0 Å². The Morgan fingerprint density at radius 2 is 2.14 bits per heavy atom. The highest BCUT2D eigenvalue weighted by Crippen LogP contribution is 2.12. The first-order valence-electron chi connectivity index (χ1n) is 4.73. The van der Waals surface area contributed by atoms with Crippen molar-refractivity contribution in [2.45, 2.75) is 13.3 Å². The summed E-state index contributed by atoms with van der Waals surface area (Å²) in [4.78, 5) is 4.28. The Labute approximate surface area is 85.5 Å². The summed E-state index contributed by atoms with van der Waals surface area (Å²) in [5, 5.41) is 0. The molecule has 1 rings (SSSR count). The molecule has 0 atom stereocenters. The fourth-order valence-corrected chi connectivity index (χ4v) is 1.19. The first-order valence-corrected chi connectivity index (χ1v) is 4.73. The van der Waals surface area contributed by atoms with Crippen molar-refractivity contribution in [2.24, 2.45) is 0 Å². The monoisotopic (exact) mass is 185 g/mol. The predicted molar refractivity (Wildman–Crippen MR) is 63.7 cm³/mol. The largest absolute Gasteiger partial charge is 0.256 e. The van der Waals surface area contributed by atoms with Gasteiger partial charge in [0.1, 0.15) is 0 Å². The van der Waals surface area contributed by atoms with E-state index >= 15 is 0 Å². The van der Waals surface area contributed by atoms with Crippen molar-refractivity contribution in [2.75, 3.05) is 0 Å². The molecule has 72 valence electrons. The Morgan fingerprint density at radius 3 is 2.71 bits per heavy atom. The van der Waals surface area contributed by atoms with Crippen LogP contribution in [0.3, 0.4) is 0 Å². The van der Waals surface area contributed by atoms with Crippen LogP contribution in [0.4, 0.5) is 0 Å². The van der Waals surface area contributed by atoms with Crippen LogP contribution in [0.1, 0.15) is 30.2 Å². The molecule has 0 N–H and O–H groups in total. The SMILES string of the molecule is C=Cc1cc(/C=C/CC)cnc1C=C. The maximum atomic E-state index is 4.28. The second-order valence-corrected chi connectivity index (χ2v) is 2.96. The average molecular weight is 185 g/mol. The Balaban J connectivity index is 3.07.